The average molecular weight is 512 g/mol. The Bertz CT molecular complexity index is 599. The van der Waals surface area contributed by atoms with Crippen LogP contribution in [0.25, 0.3) is 0 Å². The molecule has 0 radical (unpaired) electrons. The summed E-state index contributed by atoms with van der Waals surface area (Å²) in [5, 5.41) is 0. The number of rotatable bonds is 9. The van der Waals surface area contributed by atoms with Gasteiger partial charge in [-0.1, -0.05) is 61.3 Å². The molecule has 5 heteroatoms. The van der Waals surface area contributed by atoms with Crippen LogP contribution in [0.5, 0.6) is 0 Å². The molecule has 2 aromatic heterocycles. The largest absolute Gasteiger partial charge is 0.469 e. The van der Waals surface area contributed by atoms with Crippen molar-refractivity contribution in [3.05, 3.63) is 42.5 Å². The van der Waals surface area contributed by atoms with Crippen LogP contribution in [0.2, 0.25) is 0 Å². The third-order valence-corrected chi connectivity index (χ3v) is 4.09. The Balaban J connectivity index is -0.000000383. The molecule has 0 unspecified atom stereocenters. The maximum atomic E-state index is 5.25. The minimum atomic E-state index is 0.375. The number of ether oxygens (including phenoxy) is 2. The second-order valence-corrected chi connectivity index (χ2v) is 10.6. The monoisotopic (exact) mass is 511 g/mol. The Morgan fingerprint density at radius 2 is 1.33 bits per heavy atom. The molecule has 0 bridgehead atoms. The van der Waals surface area contributed by atoms with E-state index in [-0.39, 0.29) is 0 Å². The third kappa shape index (κ3) is 34.6. The first kappa shape index (κ1) is 38.9. The second-order valence-electron chi connectivity index (χ2n) is 10.6. The van der Waals surface area contributed by atoms with Crippen LogP contribution < -0.4 is 0 Å². The van der Waals surface area contributed by atoms with Gasteiger partial charge in [-0.25, -0.2) is 4.98 Å². The van der Waals surface area contributed by atoms with Crippen molar-refractivity contribution in [2.45, 2.75) is 140 Å². The lowest BCUT2D eigenvalue weighted by Crippen LogP contribution is -2.09. The van der Waals surface area contributed by atoms with Gasteiger partial charge in [0.2, 0.25) is 0 Å². The first-order valence-corrected chi connectivity index (χ1v) is 13.9. The van der Waals surface area contributed by atoms with Crippen molar-refractivity contribution in [1.82, 2.24) is 4.98 Å². The van der Waals surface area contributed by atoms with Gasteiger partial charge in [0.1, 0.15) is 12.0 Å². The number of nitrogens with zero attached hydrogens (tertiary/aromatic N) is 1. The Morgan fingerprint density at radius 3 is 1.50 bits per heavy atom. The summed E-state index contributed by atoms with van der Waals surface area (Å²) in [6.45, 7) is 30.3. The molecule has 0 saturated heterocycles. The van der Waals surface area contributed by atoms with Gasteiger partial charge in [0.15, 0.2) is 5.89 Å². The van der Waals surface area contributed by atoms with Gasteiger partial charge >= 0.3 is 0 Å². The van der Waals surface area contributed by atoms with Crippen LogP contribution >= 0.6 is 0 Å². The van der Waals surface area contributed by atoms with Crippen LogP contribution in [-0.4, -0.2) is 29.9 Å². The maximum Gasteiger partial charge on any atom is 0.194 e. The van der Waals surface area contributed by atoms with Crippen LogP contribution in [0, 0.1) is 11.8 Å². The van der Waals surface area contributed by atoms with Gasteiger partial charge in [0, 0.05) is 18.9 Å². The highest BCUT2D eigenvalue weighted by Gasteiger charge is 1.99. The molecule has 0 atom stereocenters. The normalized spacial score (nSPS) is 10.4. The van der Waals surface area contributed by atoms with E-state index in [1.54, 1.807) is 18.7 Å². The molecule has 0 aliphatic rings. The summed E-state index contributed by atoms with van der Waals surface area (Å²) in [4.78, 5) is 3.99. The van der Waals surface area contributed by atoms with Gasteiger partial charge in [0.25, 0.3) is 0 Å². The fourth-order valence-electron chi connectivity index (χ4n) is 2.78. The number of hydrogen-bond acceptors (Lipinski definition) is 5. The minimum absolute atomic E-state index is 0.375. The van der Waals surface area contributed by atoms with Gasteiger partial charge in [-0.2, -0.15) is 0 Å². The lowest BCUT2D eigenvalue weighted by molar-refractivity contribution is 0.0300. The number of furan rings is 1. The van der Waals surface area contributed by atoms with E-state index in [0.29, 0.717) is 30.1 Å². The zero-order valence-corrected chi connectivity index (χ0v) is 26.3. The smallest absolute Gasteiger partial charge is 0.194 e. The molecule has 0 spiro atoms. The molecule has 2 rings (SSSR count). The van der Waals surface area contributed by atoms with Crippen molar-refractivity contribution in [2.24, 2.45) is 11.8 Å². The van der Waals surface area contributed by atoms with Crippen LogP contribution in [0.15, 0.2) is 39.7 Å². The molecular weight excluding hydrogens is 450 g/mol. The fraction of sp³-hybridized carbons (Fsp3) is 0.774. The molecule has 2 aromatic rings. The molecule has 0 saturated carbocycles. The fourth-order valence-corrected chi connectivity index (χ4v) is 2.78. The first-order valence-electron chi connectivity index (χ1n) is 13.9. The van der Waals surface area contributed by atoms with Gasteiger partial charge in [0.05, 0.1) is 30.8 Å². The topological polar surface area (TPSA) is 57.6 Å². The molecule has 0 aliphatic carbocycles. The van der Waals surface area contributed by atoms with Crippen molar-refractivity contribution in [1.29, 1.82) is 0 Å². The van der Waals surface area contributed by atoms with E-state index in [4.69, 9.17) is 18.3 Å². The Labute approximate surface area is 224 Å². The molecule has 2 heterocycles. The summed E-state index contributed by atoms with van der Waals surface area (Å²) in [7, 11) is 0. The van der Waals surface area contributed by atoms with Crippen LogP contribution in [0.3, 0.4) is 0 Å². The average Bonchev–Trinajstić information content (AvgIpc) is 3.42. The Morgan fingerprint density at radius 1 is 0.750 bits per heavy atom. The molecule has 0 aliphatic heterocycles. The van der Waals surface area contributed by atoms with E-state index in [1.165, 1.54) is 12.8 Å². The minimum Gasteiger partial charge on any atom is -0.469 e. The standard InChI is InChI=1S/C7H11NO.C7H10O.C6H14O.C6H14.C5H12O/c1-6(2)5-7-8-3-4-9-7;1-6(2)7-4-3-5-8-7;1-5(2)7-6(3)4;1-4-5-6(2)3;1-4-6-5(2)3/h3-4,6H,5H2,1-2H3;3-6H,1-2H3;5-6H,1-4H3;6H,4-5H2,1-3H3;5H,4H2,1-3H3. The zero-order valence-electron chi connectivity index (χ0n) is 26.3. The summed E-state index contributed by atoms with van der Waals surface area (Å²) in [5.41, 5.74) is 0. The molecule has 5 nitrogen and oxygen atoms in total. The lowest BCUT2D eigenvalue weighted by atomic mass is 10.1. The highest BCUT2D eigenvalue weighted by atomic mass is 16.5. The van der Waals surface area contributed by atoms with Gasteiger partial charge in [-0.3, -0.25) is 0 Å². The Hall–Kier alpha value is -1.59. The number of oxazole rings is 1. The molecule has 36 heavy (non-hydrogen) atoms. The SMILES string of the molecule is CC(C)Cc1ncco1.CC(C)OC(C)C.CC(C)c1ccco1.CCCC(C)C.CCOC(C)C. The molecular formula is C31H61NO4. The summed E-state index contributed by atoms with van der Waals surface area (Å²) >= 11 is 0. The van der Waals surface area contributed by atoms with Crippen molar-refractivity contribution in [2.75, 3.05) is 6.61 Å². The predicted octanol–water partition coefficient (Wildman–Crippen LogP) is 9.97. The van der Waals surface area contributed by atoms with E-state index in [1.807, 2.05) is 60.6 Å². The zero-order chi connectivity index (χ0) is 28.5. The van der Waals surface area contributed by atoms with E-state index >= 15 is 0 Å². The highest BCUT2D eigenvalue weighted by molar-refractivity contribution is 5.02. The summed E-state index contributed by atoms with van der Waals surface area (Å²) in [5.74, 6) is 3.94. The quantitative estimate of drug-likeness (QED) is 0.335. The predicted molar refractivity (Wildman–Crippen MR) is 156 cm³/mol. The maximum absolute atomic E-state index is 5.25. The molecule has 0 fully saturated rings. The summed E-state index contributed by atoms with van der Waals surface area (Å²) in [6, 6.07) is 3.90. The van der Waals surface area contributed by atoms with Gasteiger partial charge < -0.3 is 18.3 Å². The highest BCUT2D eigenvalue weighted by Crippen LogP contribution is 2.12. The first-order chi connectivity index (χ1) is 16.8. The molecule has 0 aromatic carbocycles. The van der Waals surface area contributed by atoms with E-state index in [0.717, 1.165) is 30.6 Å². The molecule has 0 N–H and O–H groups in total. The van der Waals surface area contributed by atoms with Crippen molar-refractivity contribution in [3.8, 4) is 0 Å². The van der Waals surface area contributed by atoms with Crippen LogP contribution in [-0.2, 0) is 15.9 Å². The molecule has 214 valence electrons. The van der Waals surface area contributed by atoms with Crippen LogP contribution in [0.4, 0.5) is 0 Å². The lowest BCUT2D eigenvalue weighted by Gasteiger charge is -2.09. The van der Waals surface area contributed by atoms with Gasteiger partial charge in [-0.15, -0.1) is 0 Å². The number of aromatic nitrogens is 1. The van der Waals surface area contributed by atoms with Crippen LogP contribution in [0.1, 0.15) is 127 Å². The Kier molecular flexibility index (Phi) is 28.6. The van der Waals surface area contributed by atoms with E-state index in [9.17, 15) is 0 Å². The van der Waals surface area contributed by atoms with Crippen molar-refractivity contribution >= 4 is 0 Å². The van der Waals surface area contributed by atoms with E-state index in [2.05, 4.69) is 53.5 Å². The number of hydrogen-bond donors (Lipinski definition) is 0. The third-order valence-electron chi connectivity index (χ3n) is 4.09. The summed E-state index contributed by atoms with van der Waals surface area (Å²) in [6.07, 6.45) is 9.78. The van der Waals surface area contributed by atoms with Crippen molar-refractivity contribution < 1.29 is 18.3 Å². The summed E-state index contributed by atoms with van der Waals surface area (Å²) < 4.78 is 20.4. The molecule has 0 amide bonds. The van der Waals surface area contributed by atoms with Crippen molar-refractivity contribution in [3.63, 3.8) is 0 Å². The van der Waals surface area contributed by atoms with E-state index < -0.39 is 0 Å². The second kappa shape index (κ2) is 26.5. The van der Waals surface area contributed by atoms with Gasteiger partial charge in [-0.05, 0) is 72.4 Å².